The first-order valence-electron chi connectivity index (χ1n) is 5.34. The second-order valence-electron chi connectivity index (χ2n) is 3.90. The molecular formula is C12H6F5NO2S. The van der Waals surface area contributed by atoms with Gasteiger partial charge in [0, 0.05) is 6.07 Å². The average Bonchev–Trinajstić information content (AvgIpc) is 2.39. The van der Waals surface area contributed by atoms with Gasteiger partial charge in [-0.15, -0.1) is 0 Å². The number of hydrogen-bond acceptors (Lipinski definition) is 2. The van der Waals surface area contributed by atoms with Gasteiger partial charge in [-0.1, -0.05) is 0 Å². The van der Waals surface area contributed by atoms with Crippen LogP contribution in [0.25, 0.3) is 0 Å². The van der Waals surface area contributed by atoms with E-state index in [1.54, 1.807) is 4.72 Å². The minimum Gasteiger partial charge on any atom is -0.276 e. The molecule has 2 aromatic rings. The number of hydrogen-bond donors (Lipinski definition) is 1. The highest BCUT2D eigenvalue weighted by atomic mass is 32.2. The lowest BCUT2D eigenvalue weighted by atomic mass is 10.3. The van der Waals surface area contributed by atoms with E-state index in [-0.39, 0.29) is 0 Å². The Bertz CT molecular complexity index is 808. The number of sulfonamides is 1. The van der Waals surface area contributed by atoms with Gasteiger partial charge in [-0.3, -0.25) is 4.72 Å². The minimum atomic E-state index is -4.63. The van der Waals surface area contributed by atoms with E-state index in [4.69, 9.17) is 0 Å². The maximum Gasteiger partial charge on any atom is 0.264 e. The molecule has 0 atom stereocenters. The van der Waals surface area contributed by atoms with Crippen LogP contribution in [-0.4, -0.2) is 8.42 Å². The third-order valence-electron chi connectivity index (χ3n) is 2.46. The van der Waals surface area contributed by atoms with Gasteiger partial charge in [0.25, 0.3) is 10.0 Å². The van der Waals surface area contributed by atoms with Crippen LogP contribution >= 0.6 is 0 Å². The van der Waals surface area contributed by atoms with Crippen molar-refractivity contribution in [1.82, 2.24) is 0 Å². The first-order valence-corrected chi connectivity index (χ1v) is 6.82. The Balaban J connectivity index is 2.45. The summed E-state index contributed by atoms with van der Waals surface area (Å²) < 4.78 is 90.4. The number of benzene rings is 2. The van der Waals surface area contributed by atoms with Crippen LogP contribution in [-0.2, 0) is 10.0 Å². The summed E-state index contributed by atoms with van der Waals surface area (Å²) in [6, 6.07) is 2.74. The number of anilines is 1. The second-order valence-corrected chi connectivity index (χ2v) is 5.55. The predicted octanol–water partition coefficient (Wildman–Crippen LogP) is 3.18. The van der Waals surface area contributed by atoms with Gasteiger partial charge in [0.05, 0.1) is 5.69 Å². The van der Waals surface area contributed by atoms with Crippen LogP contribution in [0.1, 0.15) is 0 Å². The monoisotopic (exact) mass is 323 g/mol. The quantitative estimate of drug-likeness (QED) is 0.696. The van der Waals surface area contributed by atoms with E-state index < -0.39 is 49.7 Å². The summed E-state index contributed by atoms with van der Waals surface area (Å²) in [4.78, 5) is -0.965. The van der Waals surface area contributed by atoms with Crippen molar-refractivity contribution in [2.75, 3.05) is 4.72 Å². The first kappa shape index (κ1) is 15.2. The van der Waals surface area contributed by atoms with Crippen molar-refractivity contribution in [3.05, 3.63) is 59.4 Å². The standard InChI is InChI=1S/C12H6F5NO2S/c13-6-1-4-10(8(15)5-6)21(19,20)18-9-3-2-7(14)11(16)12(9)17/h1-5,18H. The Morgan fingerprint density at radius 2 is 1.48 bits per heavy atom. The fourth-order valence-electron chi connectivity index (χ4n) is 1.50. The van der Waals surface area contributed by atoms with Crippen molar-refractivity contribution < 1.29 is 30.4 Å². The number of nitrogens with one attached hydrogen (secondary N) is 1. The van der Waals surface area contributed by atoms with Gasteiger partial charge >= 0.3 is 0 Å². The third-order valence-corrected chi connectivity index (χ3v) is 3.86. The summed E-state index contributed by atoms with van der Waals surface area (Å²) in [5.74, 6) is -7.59. The van der Waals surface area contributed by atoms with E-state index in [1.807, 2.05) is 0 Å². The molecule has 1 N–H and O–H groups in total. The molecule has 0 bridgehead atoms. The third kappa shape index (κ3) is 2.97. The SMILES string of the molecule is O=S(=O)(Nc1ccc(F)c(F)c1F)c1ccc(F)cc1F. The van der Waals surface area contributed by atoms with Crippen molar-refractivity contribution >= 4 is 15.7 Å². The molecule has 112 valence electrons. The van der Waals surface area contributed by atoms with Gasteiger partial charge in [0.2, 0.25) is 0 Å². The van der Waals surface area contributed by atoms with Gasteiger partial charge < -0.3 is 0 Å². The Morgan fingerprint density at radius 3 is 2.10 bits per heavy atom. The molecule has 0 aromatic heterocycles. The topological polar surface area (TPSA) is 46.2 Å². The Labute approximate surface area is 116 Å². The molecule has 21 heavy (non-hydrogen) atoms. The van der Waals surface area contributed by atoms with Crippen LogP contribution in [0.5, 0.6) is 0 Å². The molecule has 2 rings (SSSR count). The first-order chi connectivity index (χ1) is 9.72. The zero-order chi connectivity index (χ0) is 15.8. The number of rotatable bonds is 3. The van der Waals surface area contributed by atoms with E-state index in [1.165, 1.54) is 0 Å². The largest absolute Gasteiger partial charge is 0.276 e. The lowest BCUT2D eigenvalue weighted by molar-refractivity contribution is 0.449. The summed E-state index contributed by atoms with van der Waals surface area (Å²) in [6.45, 7) is 0. The van der Waals surface area contributed by atoms with Crippen molar-refractivity contribution in [1.29, 1.82) is 0 Å². The van der Waals surface area contributed by atoms with Crippen molar-refractivity contribution in [3.8, 4) is 0 Å². The summed E-state index contributed by atoms with van der Waals surface area (Å²) in [5, 5.41) is 0. The van der Waals surface area contributed by atoms with Gasteiger partial charge in [-0.2, -0.15) is 0 Å². The molecule has 0 spiro atoms. The Kier molecular flexibility index (Phi) is 3.86. The van der Waals surface area contributed by atoms with Crippen LogP contribution < -0.4 is 4.72 Å². The van der Waals surface area contributed by atoms with E-state index in [9.17, 15) is 30.4 Å². The molecule has 0 radical (unpaired) electrons. The summed E-state index contributed by atoms with van der Waals surface area (Å²) in [5.41, 5.74) is -0.905. The van der Waals surface area contributed by atoms with E-state index in [0.29, 0.717) is 30.3 Å². The predicted molar refractivity (Wildman–Crippen MR) is 63.5 cm³/mol. The molecule has 0 saturated heterocycles. The zero-order valence-corrected chi connectivity index (χ0v) is 10.8. The maximum atomic E-state index is 13.4. The summed E-state index contributed by atoms with van der Waals surface area (Å²) in [6.07, 6.45) is 0. The van der Waals surface area contributed by atoms with Gasteiger partial charge in [0.1, 0.15) is 16.5 Å². The second kappa shape index (κ2) is 5.32. The highest BCUT2D eigenvalue weighted by Gasteiger charge is 2.23. The molecule has 0 aliphatic heterocycles. The van der Waals surface area contributed by atoms with Crippen LogP contribution in [0.15, 0.2) is 35.2 Å². The Hall–Kier alpha value is -2.16. The van der Waals surface area contributed by atoms with Gasteiger partial charge in [0.15, 0.2) is 17.5 Å². The Morgan fingerprint density at radius 1 is 0.810 bits per heavy atom. The molecule has 2 aromatic carbocycles. The highest BCUT2D eigenvalue weighted by molar-refractivity contribution is 7.92. The fraction of sp³-hybridized carbons (Fsp3) is 0. The van der Waals surface area contributed by atoms with Crippen molar-refractivity contribution in [3.63, 3.8) is 0 Å². The number of halogens is 5. The van der Waals surface area contributed by atoms with E-state index in [0.717, 1.165) is 0 Å². The maximum absolute atomic E-state index is 13.4. The van der Waals surface area contributed by atoms with Crippen molar-refractivity contribution in [2.45, 2.75) is 4.90 Å². The lowest BCUT2D eigenvalue weighted by Crippen LogP contribution is -2.16. The molecule has 0 heterocycles. The van der Waals surface area contributed by atoms with Gasteiger partial charge in [-0.05, 0) is 24.3 Å². The molecule has 9 heteroatoms. The molecule has 0 fully saturated rings. The molecule has 0 saturated carbocycles. The van der Waals surface area contributed by atoms with Crippen LogP contribution in [0.4, 0.5) is 27.6 Å². The van der Waals surface area contributed by atoms with Crippen LogP contribution in [0.2, 0.25) is 0 Å². The molecule has 0 aliphatic rings. The van der Waals surface area contributed by atoms with Crippen LogP contribution in [0, 0.1) is 29.1 Å². The normalized spacial score (nSPS) is 11.5. The lowest BCUT2D eigenvalue weighted by Gasteiger charge is -2.10. The molecule has 0 amide bonds. The fourth-order valence-corrected chi connectivity index (χ4v) is 2.62. The van der Waals surface area contributed by atoms with Gasteiger partial charge in [-0.25, -0.2) is 30.4 Å². The van der Waals surface area contributed by atoms with Crippen molar-refractivity contribution in [2.24, 2.45) is 0 Å². The highest BCUT2D eigenvalue weighted by Crippen LogP contribution is 2.24. The van der Waals surface area contributed by atoms with E-state index in [2.05, 4.69) is 0 Å². The van der Waals surface area contributed by atoms with E-state index >= 15 is 0 Å². The molecule has 0 aliphatic carbocycles. The molecule has 0 unspecified atom stereocenters. The zero-order valence-electron chi connectivity index (χ0n) is 10.0. The smallest absolute Gasteiger partial charge is 0.264 e. The average molecular weight is 323 g/mol. The minimum absolute atomic E-state index is 0.316. The molecule has 3 nitrogen and oxygen atoms in total. The summed E-state index contributed by atoms with van der Waals surface area (Å²) in [7, 11) is -4.63. The summed E-state index contributed by atoms with van der Waals surface area (Å²) >= 11 is 0. The van der Waals surface area contributed by atoms with Crippen LogP contribution in [0.3, 0.4) is 0 Å². The molecular weight excluding hydrogens is 317 g/mol.